The molecule has 7 nitrogen and oxygen atoms in total. The van der Waals surface area contributed by atoms with Crippen LogP contribution in [0.1, 0.15) is 0 Å². The summed E-state index contributed by atoms with van der Waals surface area (Å²) < 4.78 is 22.2. The molecule has 0 amide bonds. The van der Waals surface area contributed by atoms with E-state index in [9.17, 15) is 9.13 Å². The van der Waals surface area contributed by atoms with Crippen LogP contribution < -0.4 is 0 Å². The first-order valence-corrected chi connectivity index (χ1v) is 4.59. The molecule has 0 heterocycles. The molecule has 0 aliphatic carbocycles. The van der Waals surface area contributed by atoms with Gasteiger partial charge >= 0.3 is 61.8 Å². The van der Waals surface area contributed by atoms with Gasteiger partial charge in [-0.2, -0.15) is 4.31 Å². The van der Waals surface area contributed by atoms with Gasteiger partial charge in [0.05, 0.1) is 0 Å². The van der Waals surface area contributed by atoms with E-state index < -0.39 is 15.6 Å². The summed E-state index contributed by atoms with van der Waals surface area (Å²) in [5, 5.41) is 0. The van der Waals surface area contributed by atoms with Crippen LogP contribution in [0.4, 0.5) is 0 Å². The van der Waals surface area contributed by atoms with E-state index in [0.29, 0.717) is 0 Å². The van der Waals surface area contributed by atoms with E-state index in [4.69, 9.17) is 19.6 Å². The van der Waals surface area contributed by atoms with E-state index in [1.807, 2.05) is 0 Å². The Morgan fingerprint density at radius 2 is 1.00 bits per heavy atom. The lowest BCUT2D eigenvalue weighted by Crippen LogP contribution is -1.84. The molecule has 0 aromatic heterocycles. The highest BCUT2D eigenvalue weighted by molar-refractivity contribution is 7.60. The van der Waals surface area contributed by atoms with Crippen molar-refractivity contribution in [1.82, 2.24) is 0 Å². The quantitative estimate of drug-likeness (QED) is 0.302. The largest absolute Gasteiger partial charge is 0.478 e. The Kier molecular flexibility index (Phi) is 10.6. The van der Waals surface area contributed by atoms with Gasteiger partial charge in [-0.1, -0.05) is 0 Å². The van der Waals surface area contributed by atoms with Crippen LogP contribution in [0, 0.1) is 0 Å². The zero-order chi connectivity index (χ0) is 7.71. The molecule has 0 radical (unpaired) electrons. The van der Waals surface area contributed by atoms with Gasteiger partial charge < -0.3 is 19.6 Å². The van der Waals surface area contributed by atoms with Crippen molar-refractivity contribution in [2.75, 3.05) is 0 Å². The summed E-state index contributed by atoms with van der Waals surface area (Å²) in [6.45, 7) is 0. The summed E-state index contributed by atoms with van der Waals surface area (Å²) in [6.07, 6.45) is 0. The summed E-state index contributed by atoms with van der Waals surface area (Å²) in [5.41, 5.74) is 0. The fourth-order valence-corrected chi connectivity index (χ4v) is 1.25. The molecule has 0 bridgehead atoms. The zero-order valence-electron chi connectivity index (χ0n) is 3.91. The van der Waals surface area contributed by atoms with E-state index in [1.165, 1.54) is 0 Å². The second kappa shape index (κ2) is 6.28. The van der Waals surface area contributed by atoms with Gasteiger partial charge in [-0.25, -0.2) is 9.13 Å². The summed E-state index contributed by atoms with van der Waals surface area (Å²) in [7, 11) is -10.1. The molecule has 11 heavy (non-hydrogen) atoms. The average molecular weight is 231 g/mol. The Hall–Kier alpha value is 1.79. The van der Waals surface area contributed by atoms with Crippen molar-refractivity contribution in [2.24, 2.45) is 0 Å². The van der Waals surface area contributed by atoms with E-state index in [2.05, 4.69) is 4.31 Å². The van der Waals surface area contributed by atoms with Gasteiger partial charge in [0.2, 0.25) is 0 Å². The molecule has 0 aliphatic rings. The van der Waals surface area contributed by atoms with Crippen molar-refractivity contribution in [3.8, 4) is 0 Å². The van der Waals surface area contributed by atoms with Gasteiger partial charge in [0.15, 0.2) is 0 Å². The van der Waals surface area contributed by atoms with Gasteiger partial charge in [0.25, 0.3) is 0 Å². The lowest BCUT2D eigenvalue weighted by molar-refractivity contribution is 0.225. The molecule has 11 heteroatoms. The number of rotatable bonds is 2. The maximum Gasteiger partial charge on any atom is 0.478 e. The monoisotopic (exact) mass is 230 g/mol. The van der Waals surface area contributed by atoms with Crippen LogP contribution in [0.15, 0.2) is 0 Å². The van der Waals surface area contributed by atoms with Crippen molar-refractivity contribution in [1.29, 1.82) is 0 Å². The van der Waals surface area contributed by atoms with Crippen molar-refractivity contribution in [3.05, 3.63) is 0 Å². The normalized spacial score (nSPS) is 11.3. The number of hydrogen-bond acceptors (Lipinski definition) is 3. The first-order valence-electron chi connectivity index (χ1n) is 1.53. The van der Waals surface area contributed by atoms with Gasteiger partial charge in [-0.3, -0.25) is 0 Å². The zero-order valence-corrected chi connectivity index (χ0v) is 5.70. The first kappa shape index (κ1) is 18.6. The van der Waals surface area contributed by atoms with Crippen LogP contribution in [-0.4, -0.2) is 65.7 Å². The van der Waals surface area contributed by atoms with Crippen LogP contribution in [0.2, 0.25) is 0 Å². The molecular formula is H8Mg2O7P2. The Labute approximate surface area is 94.3 Å². The third kappa shape index (κ3) is 18.6. The highest BCUT2D eigenvalue weighted by Crippen LogP contribution is 2.53. The maximum absolute atomic E-state index is 9.63. The van der Waals surface area contributed by atoms with E-state index >= 15 is 0 Å². The molecule has 0 spiro atoms. The molecule has 0 saturated carbocycles. The predicted octanol–water partition coefficient (Wildman–Crippen LogP) is -2.64. The maximum atomic E-state index is 9.63. The van der Waals surface area contributed by atoms with Crippen LogP contribution in [0.3, 0.4) is 0 Å². The van der Waals surface area contributed by atoms with Crippen LogP contribution in [0.5, 0.6) is 0 Å². The first-order chi connectivity index (χ1) is 3.71. The van der Waals surface area contributed by atoms with Gasteiger partial charge in [0.1, 0.15) is 0 Å². The van der Waals surface area contributed by atoms with Crippen molar-refractivity contribution in [3.63, 3.8) is 0 Å². The average Bonchev–Trinajstić information content (AvgIpc) is 1.14. The lowest BCUT2D eigenvalue weighted by Gasteiger charge is -2.03. The SMILES string of the molecule is O=P(O)(O)OP(=O)(O)O.[MgH2].[MgH2]. The highest BCUT2D eigenvalue weighted by atomic mass is 31.3. The van der Waals surface area contributed by atoms with E-state index in [1.54, 1.807) is 0 Å². The molecule has 0 fully saturated rings. The Morgan fingerprint density at radius 1 is 0.818 bits per heavy atom. The molecule has 0 rings (SSSR count). The molecule has 0 aliphatic heterocycles. The highest BCUT2D eigenvalue weighted by Gasteiger charge is 2.27. The summed E-state index contributed by atoms with van der Waals surface area (Å²) in [4.78, 5) is 31.0. The molecule has 0 aromatic rings. The van der Waals surface area contributed by atoms with Gasteiger partial charge in [-0.05, 0) is 0 Å². The molecule has 4 N–H and O–H groups in total. The molecule has 64 valence electrons. The molecular weight excluding hydrogens is 223 g/mol. The Morgan fingerprint density at radius 3 is 1.00 bits per heavy atom. The van der Waals surface area contributed by atoms with E-state index in [0.717, 1.165) is 0 Å². The summed E-state index contributed by atoms with van der Waals surface area (Å²) >= 11 is 0. The standard InChI is InChI=1S/2Mg.H4O7P2.4H/c;;1-8(2,3)7-9(4,5)6;;;;/h;;(H2,1,2,3)(H2,4,5,6);;;;. The summed E-state index contributed by atoms with van der Waals surface area (Å²) in [6, 6.07) is 0. The molecule has 0 unspecified atom stereocenters. The van der Waals surface area contributed by atoms with E-state index in [-0.39, 0.29) is 46.1 Å². The molecule has 0 saturated heterocycles. The Balaban J connectivity index is -0.000000320. The van der Waals surface area contributed by atoms with Gasteiger partial charge in [0, 0.05) is 0 Å². The minimum absolute atomic E-state index is 0. The van der Waals surface area contributed by atoms with Gasteiger partial charge in [-0.15, -0.1) is 0 Å². The van der Waals surface area contributed by atoms with Crippen molar-refractivity contribution in [2.45, 2.75) is 0 Å². The lowest BCUT2D eigenvalue weighted by atomic mass is 15.7. The molecule has 0 atom stereocenters. The van der Waals surface area contributed by atoms with Crippen molar-refractivity contribution >= 4 is 61.8 Å². The minimum Gasteiger partial charge on any atom is -0.302 e. The Bertz CT molecular complexity index is 155. The van der Waals surface area contributed by atoms with Crippen LogP contribution in [0.25, 0.3) is 0 Å². The fraction of sp³-hybridized carbons (Fsp3) is 0. The fourth-order valence-electron chi connectivity index (χ4n) is 0.139. The number of phosphoric acid groups is 2. The second-order valence-electron chi connectivity index (χ2n) is 1.06. The summed E-state index contributed by atoms with van der Waals surface area (Å²) in [5.74, 6) is 0. The molecule has 0 aromatic carbocycles. The van der Waals surface area contributed by atoms with Crippen molar-refractivity contribution < 1.29 is 33.0 Å². The smallest absolute Gasteiger partial charge is 0.302 e. The predicted molar refractivity (Wildman–Crippen MR) is 42.3 cm³/mol. The second-order valence-corrected chi connectivity index (χ2v) is 3.68. The van der Waals surface area contributed by atoms with Crippen LogP contribution in [-0.2, 0) is 13.4 Å². The topological polar surface area (TPSA) is 124 Å². The minimum atomic E-state index is -5.05. The third-order valence-electron chi connectivity index (χ3n) is 0.213. The third-order valence-corrected chi connectivity index (χ3v) is 1.91. The number of hydrogen-bond donors (Lipinski definition) is 4. The van der Waals surface area contributed by atoms with Crippen LogP contribution >= 0.6 is 15.6 Å².